The number of nitrogens with zero attached hydrogens (tertiary/aromatic N) is 3. The Morgan fingerprint density at radius 1 is 1.26 bits per heavy atom. The van der Waals surface area contributed by atoms with Crippen molar-refractivity contribution in [3.05, 3.63) is 17.2 Å². The predicted molar refractivity (Wildman–Crippen MR) is 70.3 cm³/mol. The van der Waals surface area contributed by atoms with Crippen molar-refractivity contribution in [3.63, 3.8) is 0 Å². The molecule has 2 aliphatic rings. The molecule has 0 unspecified atom stereocenters. The van der Waals surface area contributed by atoms with Crippen LogP contribution in [0.5, 0.6) is 0 Å². The lowest BCUT2D eigenvalue weighted by Crippen LogP contribution is -2.43. The molecule has 1 fully saturated rings. The maximum absolute atomic E-state index is 11.3. The third-order valence-corrected chi connectivity index (χ3v) is 3.97. The molecule has 0 spiro atoms. The van der Waals surface area contributed by atoms with Crippen molar-refractivity contribution in [1.29, 1.82) is 0 Å². The first-order valence-corrected chi connectivity index (χ1v) is 7.00. The Hall–Kier alpha value is -1.40. The molecule has 0 bridgehead atoms. The Kier molecular flexibility index (Phi) is 3.52. The number of fused-ring (bicyclic) bond motifs is 1. The first-order chi connectivity index (χ1) is 9.25. The van der Waals surface area contributed by atoms with Gasteiger partial charge in [0.1, 0.15) is 5.82 Å². The van der Waals surface area contributed by atoms with Crippen LogP contribution in [-0.4, -0.2) is 51.7 Å². The van der Waals surface area contributed by atoms with Crippen LogP contribution in [0.2, 0.25) is 0 Å². The van der Waals surface area contributed by atoms with Gasteiger partial charge in [0, 0.05) is 32.7 Å². The quantitative estimate of drug-likeness (QED) is 0.823. The van der Waals surface area contributed by atoms with Gasteiger partial charge in [-0.2, -0.15) is 0 Å². The molecule has 0 radical (unpaired) electrons. The number of hydrogen-bond acceptors (Lipinski definition) is 4. The van der Waals surface area contributed by atoms with Crippen LogP contribution in [-0.2, 0) is 19.5 Å². The van der Waals surface area contributed by atoms with Crippen LogP contribution in [0.25, 0.3) is 0 Å². The standard InChI is InChI=1S/C13H20N4O2/c18-13(19)12-10-3-1-2-6-17(10)11(15-12)9-16-7-4-14-5-8-16/h14H,1-9H2,(H,18,19). The van der Waals surface area contributed by atoms with E-state index in [1.807, 2.05) is 0 Å². The van der Waals surface area contributed by atoms with E-state index >= 15 is 0 Å². The lowest BCUT2D eigenvalue weighted by atomic mass is 10.1. The summed E-state index contributed by atoms with van der Waals surface area (Å²) in [6.45, 7) is 5.69. The Labute approximate surface area is 112 Å². The number of aromatic nitrogens is 2. The van der Waals surface area contributed by atoms with Crippen LogP contribution in [0.4, 0.5) is 0 Å². The molecule has 2 N–H and O–H groups in total. The summed E-state index contributed by atoms with van der Waals surface area (Å²) in [6, 6.07) is 0. The van der Waals surface area contributed by atoms with Crippen molar-refractivity contribution in [2.24, 2.45) is 0 Å². The summed E-state index contributed by atoms with van der Waals surface area (Å²) in [7, 11) is 0. The van der Waals surface area contributed by atoms with Crippen LogP contribution in [0.15, 0.2) is 0 Å². The molecule has 0 saturated carbocycles. The van der Waals surface area contributed by atoms with Crippen molar-refractivity contribution >= 4 is 5.97 Å². The first kappa shape index (κ1) is 12.6. The molecular weight excluding hydrogens is 244 g/mol. The second-order valence-electron chi connectivity index (χ2n) is 5.26. The highest BCUT2D eigenvalue weighted by atomic mass is 16.4. The van der Waals surface area contributed by atoms with Gasteiger partial charge in [-0.1, -0.05) is 0 Å². The van der Waals surface area contributed by atoms with Crippen LogP contribution < -0.4 is 5.32 Å². The molecule has 6 heteroatoms. The van der Waals surface area contributed by atoms with Crippen LogP contribution in [0.1, 0.15) is 34.8 Å². The average molecular weight is 264 g/mol. The summed E-state index contributed by atoms with van der Waals surface area (Å²) in [5, 5.41) is 12.6. The number of carbonyl (C=O) groups is 1. The van der Waals surface area contributed by atoms with E-state index in [-0.39, 0.29) is 5.69 Å². The average Bonchev–Trinajstić information content (AvgIpc) is 2.79. The van der Waals surface area contributed by atoms with Gasteiger partial charge in [-0.15, -0.1) is 0 Å². The highest BCUT2D eigenvalue weighted by Gasteiger charge is 2.25. The number of aromatic carboxylic acids is 1. The molecule has 0 atom stereocenters. The van der Waals surface area contributed by atoms with E-state index in [2.05, 4.69) is 19.8 Å². The number of hydrogen-bond donors (Lipinski definition) is 2. The molecular formula is C13H20N4O2. The summed E-state index contributed by atoms with van der Waals surface area (Å²) in [6.07, 6.45) is 3.03. The van der Waals surface area contributed by atoms with E-state index in [0.717, 1.165) is 70.0 Å². The molecule has 2 aliphatic heterocycles. The third-order valence-electron chi connectivity index (χ3n) is 3.97. The van der Waals surface area contributed by atoms with Gasteiger partial charge in [-0.3, -0.25) is 4.90 Å². The molecule has 104 valence electrons. The van der Waals surface area contributed by atoms with Crippen molar-refractivity contribution in [3.8, 4) is 0 Å². The smallest absolute Gasteiger partial charge is 0.356 e. The van der Waals surface area contributed by atoms with E-state index in [4.69, 9.17) is 0 Å². The van der Waals surface area contributed by atoms with Gasteiger partial charge in [0.2, 0.25) is 0 Å². The van der Waals surface area contributed by atoms with E-state index in [0.29, 0.717) is 0 Å². The Morgan fingerprint density at radius 2 is 2.05 bits per heavy atom. The summed E-state index contributed by atoms with van der Waals surface area (Å²) >= 11 is 0. The molecule has 0 aromatic carbocycles. The van der Waals surface area contributed by atoms with Gasteiger partial charge < -0.3 is 15.0 Å². The number of carboxylic acid groups (broad SMARTS) is 1. The Bertz CT molecular complexity index is 477. The zero-order valence-corrected chi connectivity index (χ0v) is 11.1. The maximum atomic E-state index is 11.3. The molecule has 1 saturated heterocycles. The van der Waals surface area contributed by atoms with E-state index in [9.17, 15) is 9.90 Å². The topological polar surface area (TPSA) is 70.4 Å². The molecule has 19 heavy (non-hydrogen) atoms. The van der Waals surface area contributed by atoms with Crippen molar-refractivity contribution < 1.29 is 9.90 Å². The van der Waals surface area contributed by atoms with Gasteiger partial charge in [-0.05, 0) is 19.3 Å². The molecule has 6 nitrogen and oxygen atoms in total. The number of nitrogens with one attached hydrogen (secondary N) is 1. The Morgan fingerprint density at radius 3 is 2.79 bits per heavy atom. The molecule has 3 heterocycles. The maximum Gasteiger partial charge on any atom is 0.356 e. The van der Waals surface area contributed by atoms with Crippen LogP contribution in [0.3, 0.4) is 0 Å². The Balaban J connectivity index is 1.85. The van der Waals surface area contributed by atoms with Gasteiger partial charge in [0.05, 0.1) is 12.2 Å². The highest BCUT2D eigenvalue weighted by molar-refractivity contribution is 5.86. The fourth-order valence-corrected chi connectivity index (χ4v) is 2.98. The summed E-state index contributed by atoms with van der Waals surface area (Å²) < 4.78 is 2.13. The summed E-state index contributed by atoms with van der Waals surface area (Å²) in [5.74, 6) is 0.0335. The van der Waals surface area contributed by atoms with Crippen LogP contribution in [0, 0.1) is 0 Å². The zero-order chi connectivity index (χ0) is 13.2. The number of rotatable bonds is 3. The van der Waals surface area contributed by atoms with Gasteiger partial charge in [0.25, 0.3) is 0 Å². The lowest BCUT2D eigenvalue weighted by molar-refractivity contribution is 0.0689. The fraction of sp³-hybridized carbons (Fsp3) is 0.692. The number of carboxylic acids is 1. The normalized spacial score (nSPS) is 20.2. The molecule has 3 rings (SSSR count). The monoisotopic (exact) mass is 264 g/mol. The number of piperazine rings is 1. The van der Waals surface area contributed by atoms with Gasteiger partial charge in [0.15, 0.2) is 5.69 Å². The zero-order valence-electron chi connectivity index (χ0n) is 11.1. The van der Waals surface area contributed by atoms with Gasteiger partial charge >= 0.3 is 5.97 Å². The molecule has 1 aromatic heterocycles. The molecule has 0 aliphatic carbocycles. The second-order valence-corrected chi connectivity index (χ2v) is 5.26. The van der Waals surface area contributed by atoms with Crippen molar-refractivity contribution in [1.82, 2.24) is 19.8 Å². The minimum Gasteiger partial charge on any atom is -0.476 e. The van der Waals surface area contributed by atoms with Crippen LogP contribution >= 0.6 is 0 Å². The van der Waals surface area contributed by atoms with E-state index < -0.39 is 5.97 Å². The first-order valence-electron chi connectivity index (χ1n) is 7.00. The second kappa shape index (κ2) is 5.30. The van der Waals surface area contributed by atoms with Crippen molar-refractivity contribution in [2.45, 2.75) is 32.4 Å². The number of imidazole rings is 1. The van der Waals surface area contributed by atoms with E-state index in [1.54, 1.807) is 0 Å². The predicted octanol–water partition coefficient (Wildman–Crippen LogP) is 0.323. The third kappa shape index (κ3) is 2.50. The fourth-order valence-electron chi connectivity index (χ4n) is 2.98. The molecule has 0 amide bonds. The lowest BCUT2D eigenvalue weighted by Gasteiger charge is -2.27. The molecule has 1 aromatic rings. The largest absolute Gasteiger partial charge is 0.476 e. The van der Waals surface area contributed by atoms with E-state index in [1.165, 1.54) is 0 Å². The van der Waals surface area contributed by atoms with Crippen molar-refractivity contribution in [2.75, 3.05) is 26.2 Å². The summed E-state index contributed by atoms with van der Waals surface area (Å²) in [5.41, 5.74) is 1.19. The summed E-state index contributed by atoms with van der Waals surface area (Å²) in [4.78, 5) is 18.0. The SMILES string of the molecule is O=C(O)c1nc(CN2CCNCC2)n2c1CCCC2. The minimum atomic E-state index is -0.891. The minimum absolute atomic E-state index is 0.268. The van der Waals surface area contributed by atoms with Gasteiger partial charge in [-0.25, -0.2) is 9.78 Å². The highest BCUT2D eigenvalue weighted by Crippen LogP contribution is 2.22.